The van der Waals surface area contributed by atoms with E-state index in [1.165, 1.54) is 154 Å². The van der Waals surface area contributed by atoms with Crippen LogP contribution in [0.5, 0.6) is 0 Å². The lowest BCUT2D eigenvalue weighted by Crippen LogP contribution is -2.48. The van der Waals surface area contributed by atoms with E-state index < -0.39 is 24.2 Å². The van der Waals surface area contributed by atoms with Gasteiger partial charge >= 0.3 is 0 Å². The van der Waals surface area contributed by atoms with Crippen molar-refractivity contribution >= 4 is 5.91 Å². The van der Waals surface area contributed by atoms with Crippen LogP contribution in [0.3, 0.4) is 0 Å². The number of unbranched alkanes of at least 4 members (excludes halogenated alkanes) is 28. The molecule has 48 heavy (non-hydrogen) atoms. The van der Waals surface area contributed by atoms with Gasteiger partial charge in [0.1, 0.15) is 6.10 Å². The molecule has 5 nitrogen and oxygen atoms in total. The van der Waals surface area contributed by atoms with Gasteiger partial charge in [-0.05, 0) is 44.9 Å². The Morgan fingerprint density at radius 3 is 1.25 bits per heavy atom. The predicted molar refractivity (Wildman–Crippen MR) is 208 cm³/mol. The van der Waals surface area contributed by atoms with Crippen molar-refractivity contribution in [2.75, 3.05) is 6.61 Å². The Labute approximate surface area is 299 Å². The highest BCUT2D eigenvalue weighted by Crippen LogP contribution is 2.16. The van der Waals surface area contributed by atoms with Crippen molar-refractivity contribution in [3.05, 3.63) is 24.3 Å². The molecule has 0 saturated carbocycles. The summed E-state index contributed by atoms with van der Waals surface area (Å²) in [7, 11) is 0. The Hall–Kier alpha value is -1.17. The fraction of sp³-hybridized carbons (Fsp3) is 0.884. The number of hydrogen-bond acceptors (Lipinski definition) is 4. The van der Waals surface area contributed by atoms with Gasteiger partial charge in [0, 0.05) is 0 Å². The van der Waals surface area contributed by atoms with E-state index in [0.29, 0.717) is 6.42 Å². The van der Waals surface area contributed by atoms with E-state index in [-0.39, 0.29) is 6.61 Å². The lowest BCUT2D eigenvalue weighted by molar-refractivity contribution is -0.131. The summed E-state index contributed by atoms with van der Waals surface area (Å²) in [6.07, 6.45) is 46.4. The molecule has 0 saturated heterocycles. The second-order valence-corrected chi connectivity index (χ2v) is 14.6. The molecule has 0 radical (unpaired) electrons. The monoisotopic (exact) mass is 678 g/mol. The zero-order valence-electron chi connectivity index (χ0n) is 32.1. The summed E-state index contributed by atoms with van der Waals surface area (Å²) < 4.78 is 0. The molecule has 4 N–H and O–H groups in total. The van der Waals surface area contributed by atoms with Crippen LogP contribution in [0.4, 0.5) is 0 Å². The number of amides is 1. The highest BCUT2D eigenvalue weighted by molar-refractivity contribution is 5.80. The number of carbonyl (C=O) groups is 1. The van der Waals surface area contributed by atoms with Gasteiger partial charge in [-0.3, -0.25) is 4.79 Å². The fourth-order valence-electron chi connectivity index (χ4n) is 6.41. The van der Waals surface area contributed by atoms with Crippen molar-refractivity contribution < 1.29 is 20.1 Å². The fourth-order valence-corrected chi connectivity index (χ4v) is 6.41. The highest BCUT2D eigenvalue weighted by Gasteiger charge is 2.22. The first-order chi connectivity index (χ1) is 23.6. The molecule has 3 atom stereocenters. The Kier molecular flexibility index (Phi) is 37.7. The molecule has 0 spiro atoms. The van der Waals surface area contributed by atoms with Crippen molar-refractivity contribution in [1.82, 2.24) is 5.32 Å². The number of aliphatic hydroxyl groups excluding tert-OH is 3. The molecule has 5 heteroatoms. The molecule has 0 rings (SSSR count). The molecule has 0 aliphatic carbocycles. The van der Waals surface area contributed by atoms with E-state index in [1.54, 1.807) is 6.08 Å². The minimum atomic E-state index is -1.10. The van der Waals surface area contributed by atoms with E-state index in [2.05, 4.69) is 31.3 Å². The summed E-state index contributed by atoms with van der Waals surface area (Å²) in [5.74, 6) is -0.513. The van der Waals surface area contributed by atoms with Gasteiger partial charge in [-0.15, -0.1) is 0 Å². The van der Waals surface area contributed by atoms with Crippen LogP contribution < -0.4 is 5.32 Å². The summed E-state index contributed by atoms with van der Waals surface area (Å²) in [4.78, 5) is 12.4. The standard InChI is InChI=1S/C43H83NO4/c1-3-5-7-9-11-13-15-16-17-18-19-20-21-22-23-24-25-26-28-29-31-33-35-37-41(46)40(39-45)44-43(48)42(47)38-36-34-32-30-27-14-12-10-8-6-4-2/h12,14,35,37,40-42,45-47H,3-11,13,15-34,36,38-39H2,1-2H3,(H,44,48)/b14-12-,37-35+. The number of carbonyl (C=O) groups excluding carboxylic acids is 1. The minimum absolute atomic E-state index is 0.366. The van der Waals surface area contributed by atoms with Crippen molar-refractivity contribution in [3.8, 4) is 0 Å². The van der Waals surface area contributed by atoms with Crippen LogP contribution in [0.1, 0.15) is 219 Å². The van der Waals surface area contributed by atoms with Gasteiger partial charge in [0.25, 0.3) is 0 Å². The zero-order valence-corrected chi connectivity index (χ0v) is 32.1. The summed E-state index contributed by atoms with van der Waals surface area (Å²) >= 11 is 0. The molecule has 0 fully saturated rings. The zero-order chi connectivity index (χ0) is 35.2. The summed E-state index contributed by atoms with van der Waals surface area (Å²) in [5.41, 5.74) is 0. The maximum Gasteiger partial charge on any atom is 0.249 e. The third kappa shape index (κ3) is 33.3. The Balaban J connectivity index is 3.63. The van der Waals surface area contributed by atoms with E-state index in [4.69, 9.17) is 0 Å². The van der Waals surface area contributed by atoms with Gasteiger partial charge in [-0.2, -0.15) is 0 Å². The van der Waals surface area contributed by atoms with Crippen LogP contribution in [-0.2, 0) is 4.79 Å². The largest absolute Gasteiger partial charge is 0.394 e. The maximum absolute atomic E-state index is 12.4. The van der Waals surface area contributed by atoms with Gasteiger partial charge < -0.3 is 20.6 Å². The molecule has 0 bridgehead atoms. The average molecular weight is 678 g/mol. The van der Waals surface area contributed by atoms with Crippen LogP contribution in [0.2, 0.25) is 0 Å². The van der Waals surface area contributed by atoms with Crippen LogP contribution in [0, 0.1) is 0 Å². The summed E-state index contributed by atoms with van der Waals surface area (Å²) in [6.45, 7) is 4.15. The van der Waals surface area contributed by atoms with E-state index >= 15 is 0 Å². The Morgan fingerprint density at radius 2 is 0.833 bits per heavy atom. The molecule has 0 heterocycles. The number of nitrogens with one attached hydrogen (secondary N) is 1. The van der Waals surface area contributed by atoms with Crippen molar-refractivity contribution in [3.63, 3.8) is 0 Å². The number of allylic oxidation sites excluding steroid dienone is 3. The Bertz CT molecular complexity index is 709. The van der Waals surface area contributed by atoms with Gasteiger partial charge in [0.15, 0.2) is 0 Å². The molecule has 1 amide bonds. The van der Waals surface area contributed by atoms with Crippen LogP contribution in [0.15, 0.2) is 24.3 Å². The van der Waals surface area contributed by atoms with Crippen LogP contribution in [0.25, 0.3) is 0 Å². The SMILES string of the molecule is CCCCC/C=C\CCCCCCC(O)C(=O)NC(CO)C(O)/C=C/CCCCCCCCCCCCCCCCCCCCCCC. The molecule has 0 aliphatic heterocycles. The first-order valence-electron chi connectivity index (χ1n) is 21.2. The minimum Gasteiger partial charge on any atom is -0.394 e. The quantitative estimate of drug-likeness (QED) is 0.0387. The first-order valence-corrected chi connectivity index (χ1v) is 21.2. The molecule has 3 unspecified atom stereocenters. The third-order valence-electron chi connectivity index (χ3n) is 9.79. The molecule has 0 aromatic carbocycles. The highest BCUT2D eigenvalue weighted by atomic mass is 16.3. The molecule has 0 aliphatic rings. The lowest BCUT2D eigenvalue weighted by Gasteiger charge is -2.21. The summed E-state index contributed by atoms with van der Waals surface area (Å²) in [6, 6.07) is -0.799. The average Bonchev–Trinajstić information content (AvgIpc) is 3.09. The predicted octanol–water partition coefficient (Wildman–Crippen LogP) is 11.8. The molecular formula is C43H83NO4. The van der Waals surface area contributed by atoms with Crippen molar-refractivity contribution in [2.24, 2.45) is 0 Å². The smallest absolute Gasteiger partial charge is 0.249 e. The van der Waals surface area contributed by atoms with E-state index in [0.717, 1.165) is 44.9 Å². The van der Waals surface area contributed by atoms with Crippen molar-refractivity contribution in [2.45, 2.75) is 238 Å². The lowest BCUT2D eigenvalue weighted by atomic mass is 10.0. The van der Waals surface area contributed by atoms with Crippen LogP contribution in [-0.4, -0.2) is 46.1 Å². The normalized spacial score (nSPS) is 13.9. The second-order valence-electron chi connectivity index (χ2n) is 14.6. The molecule has 0 aromatic heterocycles. The Morgan fingerprint density at radius 1 is 0.500 bits per heavy atom. The van der Waals surface area contributed by atoms with Gasteiger partial charge in [-0.25, -0.2) is 0 Å². The van der Waals surface area contributed by atoms with Gasteiger partial charge in [-0.1, -0.05) is 199 Å². The van der Waals surface area contributed by atoms with Crippen molar-refractivity contribution in [1.29, 1.82) is 0 Å². The second kappa shape index (κ2) is 38.6. The third-order valence-corrected chi connectivity index (χ3v) is 9.79. The first kappa shape index (κ1) is 46.8. The summed E-state index contributed by atoms with van der Waals surface area (Å²) in [5, 5.41) is 33.0. The number of aliphatic hydroxyl groups is 3. The topological polar surface area (TPSA) is 89.8 Å². The van der Waals surface area contributed by atoms with Gasteiger partial charge in [0.2, 0.25) is 5.91 Å². The van der Waals surface area contributed by atoms with E-state index in [1.807, 2.05) is 6.08 Å². The molecule has 284 valence electrons. The van der Waals surface area contributed by atoms with E-state index in [9.17, 15) is 20.1 Å². The molecule has 0 aromatic rings. The number of rotatable bonds is 38. The molecular weight excluding hydrogens is 594 g/mol. The van der Waals surface area contributed by atoms with Gasteiger partial charge in [0.05, 0.1) is 18.8 Å². The number of hydrogen-bond donors (Lipinski definition) is 4. The maximum atomic E-state index is 12.4. The van der Waals surface area contributed by atoms with Crippen LogP contribution >= 0.6 is 0 Å².